The molecule has 7 nitrogen and oxygen atoms in total. The Morgan fingerprint density at radius 2 is 1.90 bits per heavy atom. The Kier molecular flexibility index (Phi) is 6.47. The number of nitrogens with one attached hydrogen (secondary N) is 2. The molecule has 2 amide bonds. The Hall–Kier alpha value is -1.28. The van der Waals surface area contributed by atoms with Gasteiger partial charge >= 0.3 is 5.97 Å². The van der Waals surface area contributed by atoms with Gasteiger partial charge in [-0.15, -0.1) is 11.8 Å². The van der Waals surface area contributed by atoms with Crippen molar-refractivity contribution >= 4 is 29.5 Å². The number of carboxylic acid groups (broad SMARTS) is 1. The van der Waals surface area contributed by atoms with Crippen molar-refractivity contribution in [2.45, 2.75) is 38.9 Å². The van der Waals surface area contributed by atoms with Crippen molar-refractivity contribution in [2.24, 2.45) is 5.92 Å². The topological polar surface area (TPSA) is 98.7 Å². The maximum absolute atomic E-state index is 12.6. The van der Waals surface area contributed by atoms with E-state index in [4.69, 9.17) is 5.11 Å². The van der Waals surface area contributed by atoms with Gasteiger partial charge in [0.1, 0.15) is 12.1 Å². The largest absolute Gasteiger partial charge is 0.480 e. The second-order valence-electron chi connectivity index (χ2n) is 5.40. The first-order chi connectivity index (χ1) is 9.79. The Morgan fingerprint density at radius 3 is 2.38 bits per heavy atom. The standard InChI is InChI=1S/C13H23N3O4S/c1-7(2)10(15-11(17)8(3)14-4)12(18)16-6-21-5-9(16)13(19)20/h7-10,14H,5-6H2,1-4H3,(H,15,17)(H,19,20). The van der Waals surface area contributed by atoms with Crippen molar-refractivity contribution in [3.63, 3.8) is 0 Å². The fraction of sp³-hybridized carbons (Fsp3) is 0.769. The summed E-state index contributed by atoms with van der Waals surface area (Å²) in [6.45, 7) is 5.35. The fourth-order valence-corrected chi connectivity index (χ4v) is 3.12. The van der Waals surface area contributed by atoms with E-state index in [1.54, 1.807) is 14.0 Å². The second kappa shape index (κ2) is 7.65. The minimum Gasteiger partial charge on any atom is -0.480 e. The molecule has 1 fully saturated rings. The lowest BCUT2D eigenvalue weighted by Gasteiger charge is -2.29. The van der Waals surface area contributed by atoms with E-state index in [9.17, 15) is 14.4 Å². The van der Waals surface area contributed by atoms with Crippen LogP contribution in [-0.2, 0) is 14.4 Å². The van der Waals surface area contributed by atoms with Crippen LogP contribution in [0.3, 0.4) is 0 Å². The van der Waals surface area contributed by atoms with Gasteiger partial charge in [-0.05, 0) is 19.9 Å². The number of amides is 2. The zero-order valence-electron chi connectivity index (χ0n) is 12.8. The average molecular weight is 317 g/mol. The lowest BCUT2D eigenvalue weighted by Crippen LogP contribution is -2.56. The molecule has 1 heterocycles. The van der Waals surface area contributed by atoms with Crippen LogP contribution in [0.25, 0.3) is 0 Å². The molecule has 0 aromatic heterocycles. The number of nitrogens with zero attached hydrogens (tertiary/aromatic N) is 1. The molecule has 0 saturated carbocycles. The number of hydrogen-bond acceptors (Lipinski definition) is 5. The highest BCUT2D eigenvalue weighted by molar-refractivity contribution is 7.99. The van der Waals surface area contributed by atoms with E-state index in [2.05, 4.69) is 10.6 Å². The lowest BCUT2D eigenvalue weighted by molar-refractivity contribution is -0.149. The van der Waals surface area contributed by atoms with Crippen LogP contribution in [0.15, 0.2) is 0 Å². The van der Waals surface area contributed by atoms with Crippen LogP contribution in [0.1, 0.15) is 20.8 Å². The van der Waals surface area contributed by atoms with Crippen molar-refractivity contribution in [2.75, 3.05) is 18.7 Å². The number of carbonyl (C=O) groups is 3. The molecular formula is C13H23N3O4S. The molecule has 3 N–H and O–H groups in total. The summed E-state index contributed by atoms with van der Waals surface area (Å²) < 4.78 is 0. The van der Waals surface area contributed by atoms with Crippen LogP contribution in [0.5, 0.6) is 0 Å². The van der Waals surface area contributed by atoms with Gasteiger partial charge in [-0.25, -0.2) is 4.79 Å². The summed E-state index contributed by atoms with van der Waals surface area (Å²) in [6, 6.07) is -1.95. The third kappa shape index (κ3) is 4.34. The predicted octanol–water partition coefficient (Wildman–Crippen LogP) is -0.279. The molecule has 0 spiro atoms. The van der Waals surface area contributed by atoms with Crippen molar-refractivity contribution < 1.29 is 19.5 Å². The van der Waals surface area contributed by atoms with Gasteiger partial charge in [0.05, 0.1) is 11.9 Å². The number of hydrogen-bond donors (Lipinski definition) is 3. The van der Waals surface area contributed by atoms with Crippen LogP contribution in [0, 0.1) is 5.92 Å². The van der Waals surface area contributed by atoms with Crippen LogP contribution in [-0.4, -0.2) is 64.6 Å². The lowest BCUT2D eigenvalue weighted by atomic mass is 10.0. The minimum atomic E-state index is -1.01. The molecule has 1 rings (SSSR count). The summed E-state index contributed by atoms with van der Waals surface area (Å²) in [5.41, 5.74) is 0. The van der Waals surface area contributed by atoms with Gasteiger partial charge in [-0.2, -0.15) is 0 Å². The molecule has 0 radical (unpaired) electrons. The summed E-state index contributed by atoms with van der Waals surface area (Å²) in [7, 11) is 1.66. The first kappa shape index (κ1) is 17.8. The van der Waals surface area contributed by atoms with Crippen LogP contribution in [0.4, 0.5) is 0 Å². The van der Waals surface area contributed by atoms with Crippen molar-refractivity contribution in [3.8, 4) is 0 Å². The Bertz CT molecular complexity index is 416. The quantitative estimate of drug-likeness (QED) is 0.623. The molecule has 0 aromatic carbocycles. The number of aliphatic carboxylic acids is 1. The second-order valence-corrected chi connectivity index (χ2v) is 6.40. The fourth-order valence-electron chi connectivity index (χ4n) is 1.97. The molecule has 0 aliphatic carbocycles. The van der Waals surface area contributed by atoms with Crippen molar-refractivity contribution in [1.82, 2.24) is 15.5 Å². The molecule has 3 atom stereocenters. The van der Waals surface area contributed by atoms with E-state index in [0.717, 1.165) is 0 Å². The number of rotatable bonds is 6. The van der Waals surface area contributed by atoms with Crippen molar-refractivity contribution in [3.05, 3.63) is 0 Å². The highest BCUT2D eigenvalue weighted by atomic mass is 32.2. The SMILES string of the molecule is CNC(C)C(=O)NC(C(=O)N1CSCC1C(=O)O)C(C)C. The molecule has 0 bridgehead atoms. The summed E-state index contributed by atoms with van der Waals surface area (Å²) >= 11 is 1.40. The van der Waals surface area contributed by atoms with Gasteiger partial charge in [0, 0.05) is 5.75 Å². The molecule has 1 aliphatic rings. The molecule has 21 heavy (non-hydrogen) atoms. The van der Waals surface area contributed by atoms with Gasteiger partial charge in [0.2, 0.25) is 11.8 Å². The van der Waals surface area contributed by atoms with Crippen LogP contribution < -0.4 is 10.6 Å². The van der Waals surface area contributed by atoms with Gasteiger partial charge in [0.25, 0.3) is 0 Å². The summed E-state index contributed by atoms with van der Waals surface area (Å²) in [5, 5.41) is 14.7. The average Bonchev–Trinajstić information content (AvgIpc) is 2.91. The summed E-state index contributed by atoms with van der Waals surface area (Å²) in [4.78, 5) is 37.0. The minimum absolute atomic E-state index is 0.120. The number of carboxylic acids is 1. The van der Waals surface area contributed by atoms with Gasteiger partial charge < -0.3 is 20.6 Å². The maximum Gasteiger partial charge on any atom is 0.327 e. The van der Waals surface area contributed by atoms with E-state index < -0.39 is 24.1 Å². The van der Waals surface area contributed by atoms with E-state index in [1.807, 2.05) is 13.8 Å². The number of thioether (sulfide) groups is 1. The third-order valence-corrected chi connectivity index (χ3v) is 4.52. The van der Waals surface area contributed by atoms with Crippen LogP contribution >= 0.6 is 11.8 Å². The van der Waals surface area contributed by atoms with E-state index in [0.29, 0.717) is 11.6 Å². The summed E-state index contributed by atoms with van der Waals surface area (Å²) in [6.07, 6.45) is 0. The van der Waals surface area contributed by atoms with Crippen molar-refractivity contribution in [1.29, 1.82) is 0 Å². The highest BCUT2D eigenvalue weighted by Crippen LogP contribution is 2.23. The molecular weight excluding hydrogens is 294 g/mol. The molecule has 0 aromatic rings. The Balaban J connectivity index is 2.83. The smallest absolute Gasteiger partial charge is 0.327 e. The van der Waals surface area contributed by atoms with E-state index in [-0.39, 0.29) is 17.7 Å². The molecule has 120 valence electrons. The van der Waals surface area contributed by atoms with Gasteiger partial charge in [-0.3, -0.25) is 9.59 Å². The molecule has 1 aliphatic heterocycles. The number of likely N-dealkylation sites (N-methyl/N-ethyl adjacent to an activating group) is 1. The molecule has 8 heteroatoms. The summed E-state index contributed by atoms with van der Waals surface area (Å²) in [5.74, 6) is -1.01. The Labute approximate surface area is 128 Å². The zero-order valence-corrected chi connectivity index (χ0v) is 13.6. The van der Waals surface area contributed by atoms with Crippen LogP contribution in [0.2, 0.25) is 0 Å². The predicted molar refractivity (Wildman–Crippen MR) is 80.9 cm³/mol. The van der Waals surface area contributed by atoms with Gasteiger partial charge in [0.15, 0.2) is 0 Å². The van der Waals surface area contributed by atoms with Gasteiger partial charge in [-0.1, -0.05) is 13.8 Å². The molecule has 3 unspecified atom stereocenters. The third-order valence-electron chi connectivity index (χ3n) is 3.51. The monoisotopic (exact) mass is 317 g/mol. The first-order valence-corrected chi connectivity index (χ1v) is 8.03. The maximum atomic E-state index is 12.6. The van der Waals surface area contributed by atoms with E-state index >= 15 is 0 Å². The Morgan fingerprint density at radius 1 is 1.29 bits per heavy atom. The number of carbonyl (C=O) groups excluding carboxylic acids is 2. The first-order valence-electron chi connectivity index (χ1n) is 6.88. The normalized spacial score (nSPS) is 21.2. The highest BCUT2D eigenvalue weighted by Gasteiger charge is 2.39. The molecule has 1 saturated heterocycles. The zero-order chi connectivity index (χ0) is 16.2. The van der Waals surface area contributed by atoms with E-state index in [1.165, 1.54) is 16.7 Å².